The van der Waals surface area contributed by atoms with Crippen LogP contribution in [-0.2, 0) is 4.74 Å². The highest BCUT2D eigenvalue weighted by molar-refractivity contribution is 5.77. The molecule has 0 amide bonds. The van der Waals surface area contributed by atoms with Gasteiger partial charge < -0.3 is 9.84 Å². The number of morpholine rings is 1. The van der Waals surface area contributed by atoms with Gasteiger partial charge in [0.15, 0.2) is 5.65 Å². The Hall–Kier alpha value is -1.50. The van der Waals surface area contributed by atoms with Crippen molar-refractivity contribution in [2.45, 2.75) is 6.10 Å². The largest absolute Gasteiger partial charge is 0.395 e. The first-order valence-corrected chi connectivity index (χ1v) is 6.12. The fraction of sp³-hybridized carbons (Fsp3) is 0.500. The number of aromatic amines is 1. The number of pyridine rings is 1. The van der Waals surface area contributed by atoms with Gasteiger partial charge in [-0.25, -0.2) is 4.98 Å². The molecule has 1 atom stereocenters. The Morgan fingerprint density at radius 3 is 3.39 bits per heavy atom. The van der Waals surface area contributed by atoms with Crippen LogP contribution < -0.4 is 0 Å². The fourth-order valence-electron chi connectivity index (χ4n) is 2.34. The van der Waals surface area contributed by atoms with Gasteiger partial charge >= 0.3 is 0 Å². The highest BCUT2D eigenvalue weighted by Crippen LogP contribution is 2.25. The molecule has 0 saturated carbocycles. The Morgan fingerprint density at radius 2 is 2.50 bits per heavy atom. The zero-order valence-corrected chi connectivity index (χ0v) is 10.0. The highest BCUT2D eigenvalue weighted by atomic mass is 16.5. The molecule has 0 aromatic carbocycles. The molecule has 1 fully saturated rings. The summed E-state index contributed by atoms with van der Waals surface area (Å²) in [5.74, 6) is 0. The number of nitrogens with one attached hydrogen (secondary N) is 1. The van der Waals surface area contributed by atoms with Crippen LogP contribution in [0.3, 0.4) is 0 Å². The van der Waals surface area contributed by atoms with Gasteiger partial charge in [-0.05, 0) is 12.1 Å². The van der Waals surface area contributed by atoms with Gasteiger partial charge in [0.25, 0.3) is 0 Å². The predicted octanol–water partition coefficient (Wildman–Crippen LogP) is 0.323. The van der Waals surface area contributed by atoms with Crippen LogP contribution in [0.4, 0.5) is 0 Å². The number of β-amino-alcohol motifs (C(OH)–C–C–N with tert-alkyl or cyclic N) is 1. The van der Waals surface area contributed by atoms with Crippen molar-refractivity contribution < 1.29 is 9.84 Å². The second kappa shape index (κ2) is 5.01. The third kappa shape index (κ3) is 2.10. The molecule has 0 unspecified atom stereocenters. The van der Waals surface area contributed by atoms with Crippen molar-refractivity contribution in [3.8, 4) is 0 Å². The lowest BCUT2D eigenvalue weighted by atomic mass is 10.1. The van der Waals surface area contributed by atoms with Gasteiger partial charge in [0.2, 0.25) is 0 Å². The number of fused-ring (bicyclic) bond motifs is 1. The van der Waals surface area contributed by atoms with E-state index in [0.29, 0.717) is 13.2 Å². The van der Waals surface area contributed by atoms with Crippen LogP contribution in [-0.4, -0.2) is 58.0 Å². The van der Waals surface area contributed by atoms with Crippen LogP contribution >= 0.6 is 0 Å². The number of hydrogen-bond donors (Lipinski definition) is 2. The molecule has 18 heavy (non-hydrogen) atoms. The van der Waals surface area contributed by atoms with Crippen molar-refractivity contribution in [3.63, 3.8) is 0 Å². The molecular weight excluding hydrogens is 232 g/mol. The molecular formula is C12H16N4O2. The monoisotopic (exact) mass is 248 g/mol. The maximum atomic E-state index is 8.99. The Bertz CT molecular complexity index is 526. The molecule has 3 heterocycles. The van der Waals surface area contributed by atoms with Crippen LogP contribution in [0.5, 0.6) is 0 Å². The average molecular weight is 248 g/mol. The lowest BCUT2D eigenvalue weighted by Gasteiger charge is -2.31. The molecule has 6 nitrogen and oxygen atoms in total. The lowest BCUT2D eigenvalue weighted by Crippen LogP contribution is -2.40. The van der Waals surface area contributed by atoms with Crippen LogP contribution in [0.1, 0.15) is 11.8 Å². The lowest BCUT2D eigenvalue weighted by molar-refractivity contribution is -0.0351. The smallest absolute Gasteiger partial charge is 0.181 e. The van der Waals surface area contributed by atoms with Crippen molar-refractivity contribution in [3.05, 3.63) is 24.0 Å². The van der Waals surface area contributed by atoms with Crippen molar-refractivity contribution >= 4 is 11.0 Å². The van der Waals surface area contributed by atoms with Gasteiger partial charge in [-0.15, -0.1) is 0 Å². The molecule has 96 valence electrons. The number of rotatable bonds is 3. The summed E-state index contributed by atoms with van der Waals surface area (Å²) >= 11 is 0. The van der Waals surface area contributed by atoms with E-state index in [-0.39, 0.29) is 12.7 Å². The summed E-state index contributed by atoms with van der Waals surface area (Å²) in [5.41, 5.74) is 1.69. The fourth-order valence-corrected chi connectivity index (χ4v) is 2.34. The van der Waals surface area contributed by atoms with Gasteiger partial charge in [-0.3, -0.25) is 10.00 Å². The molecule has 0 radical (unpaired) electrons. The number of nitrogens with zero attached hydrogens (tertiary/aromatic N) is 3. The third-order valence-corrected chi connectivity index (χ3v) is 3.25. The molecule has 0 bridgehead atoms. The number of aromatic nitrogens is 3. The van der Waals surface area contributed by atoms with E-state index in [4.69, 9.17) is 9.84 Å². The Morgan fingerprint density at radius 1 is 1.56 bits per heavy atom. The minimum atomic E-state index is -0.0282. The number of aliphatic hydroxyl groups excluding tert-OH is 1. The average Bonchev–Trinajstić information content (AvgIpc) is 2.83. The first kappa shape index (κ1) is 11.6. The van der Waals surface area contributed by atoms with Crippen LogP contribution in [0.15, 0.2) is 18.3 Å². The summed E-state index contributed by atoms with van der Waals surface area (Å²) in [5, 5.41) is 17.2. The molecule has 1 saturated heterocycles. The van der Waals surface area contributed by atoms with Crippen molar-refractivity contribution in [1.82, 2.24) is 20.1 Å². The van der Waals surface area contributed by atoms with Crippen LogP contribution in [0.2, 0.25) is 0 Å². The molecule has 1 aliphatic rings. The van der Waals surface area contributed by atoms with E-state index >= 15 is 0 Å². The van der Waals surface area contributed by atoms with E-state index in [2.05, 4.69) is 20.1 Å². The van der Waals surface area contributed by atoms with Gasteiger partial charge in [0.1, 0.15) is 6.10 Å². The molecule has 6 heteroatoms. The summed E-state index contributed by atoms with van der Waals surface area (Å²) in [4.78, 5) is 6.39. The van der Waals surface area contributed by atoms with Gasteiger partial charge in [-0.2, -0.15) is 5.10 Å². The maximum Gasteiger partial charge on any atom is 0.181 e. The van der Waals surface area contributed by atoms with Crippen molar-refractivity contribution in [2.24, 2.45) is 0 Å². The first-order chi connectivity index (χ1) is 8.88. The topological polar surface area (TPSA) is 74.3 Å². The summed E-state index contributed by atoms with van der Waals surface area (Å²) in [6.45, 7) is 3.17. The first-order valence-electron chi connectivity index (χ1n) is 6.12. The SMILES string of the molecule is OCCN1CCO[C@@H](c2[nH]nc3ncccc23)C1. The third-order valence-electron chi connectivity index (χ3n) is 3.25. The second-order valence-electron chi connectivity index (χ2n) is 4.40. The van der Waals surface area contributed by atoms with Crippen molar-refractivity contribution in [1.29, 1.82) is 0 Å². The molecule has 2 N–H and O–H groups in total. The van der Waals surface area contributed by atoms with E-state index in [9.17, 15) is 0 Å². The predicted molar refractivity (Wildman–Crippen MR) is 66.1 cm³/mol. The minimum absolute atomic E-state index is 0.0282. The molecule has 0 aliphatic carbocycles. The number of ether oxygens (including phenoxy) is 1. The standard InChI is InChI=1S/C12H16N4O2/c17-6-4-16-5-7-18-10(8-16)11-9-2-1-3-13-12(9)15-14-11/h1-3,10,17H,4-8H2,(H,13,14,15)/t10-/m1/s1. The minimum Gasteiger partial charge on any atom is -0.395 e. The number of aliphatic hydroxyl groups is 1. The Balaban J connectivity index is 1.85. The van der Waals surface area contributed by atoms with Crippen LogP contribution in [0, 0.1) is 0 Å². The van der Waals surface area contributed by atoms with E-state index in [1.807, 2.05) is 12.1 Å². The Kier molecular flexibility index (Phi) is 3.22. The molecule has 3 rings (SSSR count). The van der Waals surface area contributed by atoms with E-state index in [1.165, 1.54) is 0 Å². The number of H-pyrrole nitrogens is 1. The quantitative estimate of drug-likeness (QED) is 0.818. The zero-order valence-electron chi connectivity index (χ0n) is 10.0. The summed E-state index contributed by atoms with van der Waals surface area (Å²) < 4.78 is 5.78. The highest BCUT2D eigenvalue weighted by Gasteiger charge is 2.24. The normalized spacial score (nSPS) is 21.5. The summed E-state index contributed by atoms with van der Waals surface area (Å²) in [7, 11) is 0. The molecule has 0 spiro atoms. The Labute approximate surface area is 105 Å². The summed E-state index contributed by atoms with van der Waals surface area (Å²) in [6, 6.07) is 3.89. The van der Waals surface area contributed by atoms with E-state index in [0.717, 1.165) is 29.8 Å². The zero-order chi connectivity index (χ0) is 12.4. The second-order valence-corrected chi connectivity index (χ2v) is 4.40. The van der Waals surface area contributed by atoms with E-state index in [1.54, 1.807) is 6.20 Å². The van der Waals surface area contributed by atoms with Gasteiger partial charge in [0.05, 0.1) is 18.9 Å². The van der Waals surface area contributed by atoms with E-state index < -0.39 is 0 Å². The molecule has 2 aromatic rings. The van der Waals surface area contributed by atoms with Crippen molar-refractivity contribution in [2.75, 3.05) is 32.8 Å². The maximum absolute atomic E-state index is 8.99. The van der Waals surface area contributed by atoms with Gasteiger partial charge in [0, 0.05) is 31.2 Å². The molecule has 1 aliphatic heterocycles. The van der Waals surface area contributed by atoms with Crippen LogP contribution in [0.25, 0.3) is 11.0 Å². The summed E-state index contributed by atoms with van der Waals surface area (Å²) in [6.07, 6.45) is 1.70. The number of hydrogen-bond acceptors (Lipinski definition) is 5. The molecule has 2 aromatic heterocycles. The van der Waals surface area contributed by atoms with Gasteiger partial charge in [-0.1, -0.05) is 0 Å².